The van der Waals surface area contributed by atoms with Crippen LogP contribution in [0.3, 0.4) is 0 Å². The molecule has 146 valence electrons. The van der Waals surface area contributed by atoms with Crippen molar-refractivity contribution in [1.29, 1.82) is 0 Å². The van der Waals surface area contributed by atoms with Gasteiger partial charge in [-0.3, -0.25) is 9.36 Å². The maximum atomic E-state index is 12.7. The Bertz CT molecular complexity index is 1250. The van der Waals surface area contributed by atoms with E-state index in [1.54, 1.807) is 17.9 Å². The fourth-order valence-corrected chi connectivity index (χ4v) is 4.56. The maximum Gasteiger partial charge on any atom is 0.280 e. The van der Waals surface area contributed by atoms with E-state index in [0.717, 1.165) is 18.9 Å². The van der Waals surface area contributed by atoms with Crippen LogP contribution in [0.4, 0.5) is 5.69 Å². The lowest BCUT2D eigenvalue weighted by Gasteiger charge is -2.21. The SMILES string of the molecule is Cn1cnc2ncn(Cc3nc(C4[C@H]5CN(c6ccccc6)C[C@@H]45)no3)c(=O)c21. The summed E-state index contributed by atoms with van der Waals surface area (Å²) in [7, 11) is 1.78. The summed E-state index contributed by atoms with van der Waals surface area (Å²) < 4.78 is 8.59. The van der Waals surface area contributed by atoms with Crippen molar-refractivity contribution in [2.24, 2.45) is 18.9 Å². The largest absolute Gasteiger partial charge is 0.371 e. The van der Waals surface area contributed by atoms with Gasteiger partial charge in [0.2, 0.25) is 5.89 Å². The molecule has 3 atom stereocenters. The van der Waals surface area contributed by atoms with E-state index in [1.165, 1.54) is 16.6 Å². The lowest BCUT2D eigenvalue weighted by atomic mass is 10.2. The average Bonchev–Trinajstić information content (AvgIpc) is 3.16. The highest BCUT2D eigenvalue weighted by Gasteiger charge is 2.58. The molecule has 1 saturated heterocycles. The quantitative estimate of drug-likeness (QED) is 0.521. The van der Waals surface area contributed by atoms with Gasteiger partial charge in [0.1, 0.15) is 12.9 Å². The number of imidazole rings is 1. The molecule has 3 aromatic heterocycles. The van der Waals surface area contributed by atoms with Crippen molar-refractivity contribution in [3.63, 3.8) is 0 Å². The number of hydrogen-bond donors (Lipinski definition) is 0. The molecule has 4 heterocycles. The van der Waals surface area contributed by atoms with E-state index in [0.29, 0.717) is 34.8 Å². The molecule has 0 bridgehead atoms. The van der Waals surface area contributed by atoms with Crippen LogP contribution in [0.15, 0.2) is 52.3 Å². The summed E-state index contributed by atoms with van der Waals surface area (Å²) in [6.45, 7) is 2.24. The van der Waals surface area contributed by atoms with Gasteiger partial charge in [-0.05, 0) is 24.0 Å². The number of piperidine rings is 1. The number of fused-ring (bicyclic) bond motifs is 2. The second-order valence-corrected chi connectivity index (χ2v) is 7.85. The van der Waals surface area contributed by atoms with Gasteiger partial charge in [-0.1, -0.05) is 23.4 Å². The third-order valence-electron chi connectivity index (χ3n) is 6.10. The fourth-order valence-electron chi connectivity index (χ4n) is 4.56. The second kappa shape index (κ2) is 6.00. The first kappa shape index (κ1) is 16.5. The molecule has 2 aliphatic rings. The van der Waals surface area contributed by atoms with E-state index >= 15 is 0 Å². The smallest absolute Gasteiger partial charge is 0.280 e. The van der Waals surface area contributed by atoms with Crippen LogP contribution in [0.25, 0.3) is 11.2 Å². The van der Waals surface area contributed by atoms with E-state index in [2.05, 4.69) is 49.3 Å². The molecule has 1 aliphatic carbocycles. The summed E-state index contributed by atoms with van der Waals surface area (Å²) in [6, 6.07) is 10.5. The Balaban J connectivity index is 1.18. The zero-order valence-electron chi connectivity index (χ0n) is 15.8. The van der Waals surface area contributed by atoms with Gasteiger partial charge in [-0.15, -0.1) is 0 Å². The van der Waals surface area contributed by atoms with Crippen molar-refractivity contribution in [2.75, 3.05) is 18.0 Å². The standard InChI is InChI=1S/C20H19N7O2/c1-25-10-21-19-17(25)20(28)27(11-22-19)9-15-23-18(24-29-15)16-13-7-26(8-14(13)16)12-5-3-2-4-6-12/h2-6,10-11,13-14,16H,7-9H2,1H3/t13-,14+,16?. The Kier molecular flexibility index (Phi) is 3.41. The van der Waals surface area contributed by atoms with Crippen molar-refractivity contribution >= 4 is 16.9 Å². The van der Waals surface area contributed by atoms with Crippen LogP contribution in [-0.4, -0.2) is 42.3 Å². The Morgan fingerprint density at radius 2 is 1.86 bits per heavy atom. The van der Waals surface area contributed by atoms with Crippen LogP contribution in [0.1, 0.15) is 17.6 Å². The van der Waals surface area contributed by atoms with E-state index in [-0.39, 0.29) is 12.1 Å². The molecule has 9 heteroatoms. The highest BCUT2D eigenvalue weighted by molar-refractivity contribution is 5.68. The highest BCUT2D eigenvalue weighted by atomic mass is 16.5. The monoisotopic (exact) mass is 389 g/mol. The van der Waals surface area contributed by atoms with Crippen LogP contribution in [-0.2, 0) is 13.6 Å². The molecule has 0 amide bonds. The summed E-state index contributed by atoms with van der Waals surface area (Å²) in [6.07, 6.45) is 3.06. The van der Waals surface area contributed by atoms with Gasteiger partial charge in [-0.25, -0.2) is 9.97 Å². The molecule has 1 saturated carbocycles. The molecule has 0 N–H and O–H groups in total. The molecule has 2 fully saturated rings. The Labute approximate surface area is 165 Å². The maximum absolute atomic E-state index is 12.7. The van der Waals surface area contributed by atoms with Crippen LogP contribution < -0.4 is 10.5 Å². The number of anilines is 1. The second-order valence-electron chi connectivity index (χ2n) is 7.85. The van der Waals surface area contributed by atoms with Crippen LogP contribution in [0.5, 0.6) is 0 Å². The summed E-state index contributed by atoms with van der Waals surface area (Å²) >= 11 is 0. The van der Waals surface area contributed by atoms with Gasteiger partial charge in [0.15, 0.2) is 17.0 Å². The summed E-state index contributed by atoms with van der Waals surface area (Å²) in [5.41, 5.74) is 2.00. The van der Waals surface area contributed by atoms with Crippen molar-refractivity contribution < 1.29 is 4.52 Å². The number of nitrogens with zero attached hydrogens (tertiary/aromatic N) is 7. The van der Waals surface area contributed by atoms with E-state index in [1.807, 2.05) is 6.07 Å². The number of benzene rings is 1. The number of hydrogen-bond acceptors (Lipinski definition) is 7. The molecule has 9 nitrogen and oxygen atoms in total. The molecule has 0 spiro atoms. The summed E-state index contributed by atoms with van der Waals surface area (Å²) in [5, 5.41) is 4.20. The molecule has 1 aromatic carbocycles. The van der Waals surface area contributed by atoms with Crippen molar-refractivity contribution in [2.45, 2.75) is 12.5 Å². The van der Waals surface area contributed by atoms with Gasteiger partial charge in [0, 0.05) is 31.7 Å². The van der Waals surface area contributed by atoms with Crippen molar-refractivity contribution in [3.8, 4) is 0 Å². The normalized spacial score (nSPS) is 22.9. The third-order valence-corrected chi connectivity index (χ3v) is 6.10. The first-order chi connectivity index (χ1) is 14.2. The van der Waals surface area contributed by atoms with Crippen LogP contribution >= 0.6 is 0 Å². The highest BCUT2D eigenvalue weighted by Crippen LogP contribution is 2.57. The zero-order valence-corrected chi connectivity index (χ0v) is 15.8. The molecule has 4 aromatic rings. The van der Waals surface area contributed by atoms with Gasteiger partial charge in [-0.2, -0.15) is 4.98 Å². The predicted molar refractivity (Wildman–Crippen MR) is 105 cm³/mol. The predicted octanol–water partition coefficient (Wildman–Crippen LogP) is 1.41. The van der Waals surface area contributed by atoms with Crippen molar-refractivity contribution in [1.82, 2.24) is 29.2 Å². The Hall–Kier alpha value is -3.49. The van der Waals surface area contributed by atoms with Crippen molar-refractivity contribution in [3.05, 3.63) is 65.1 Å². The van der Waals surface area contributed by atoms with Gasteiger partial charge >= 0.3 is 0 Å². The number of aryl methyl sites for hydroxylation is 1. The number of para-hydroxylation sites is 1. The van der Waals surface area contributed by atoms with Crippen LogP contribution in [0, 0.1) is 11.8 Å². The molecular formula is C20H19N7O2. The van der Waals surface area contributed by atoms with Gasteiger partial charge in [0.25, 0.3) is 5.56 Å². The van der Waals surface area contributed by atoms with Gasteiger partial charge < -0.3 is 14.0 Å². The Morgan fingerprint density at radius 3 is 2.66 bits per heavy atom. The Morgan fingerprint density at radius 1 is 1.10 bits per heavy atom. The fraction of sp³-hybridized carbons (Fsp3) is 0.350. The molecule has 0 radical (unpaired) electrons. The summed E-state index contributed by atoms with van der Waals surface area (Å²) in [4.78, 5) is 28.0. The third kappa shape index (κ3) is 2.57. The minimum Gasteiger partial charge on any atom is -0.371 e. The molecule has 29 heavy (non-hydrogen) atoms. The zero-order chi connectivity index (χ0) is 19.5. The summed E-state index contributed by atoms with van der Waals surface area (Å²) in [5.74, 6) is 2.66. The first-order valence-corrected chi connectivity index (χ1v) is 9.68. The van der Waals surface area contributed by atoms with Crippen LogP contribution in [0.2, 0.25) is 0 Å². The topological polar surface area (TPSA) is 94.9 Å². The minimum atomic E-state index is -0.170. The number of rotatable bonds is 4. The lowest BCUT2D eigenvalue weighted by Crippen LogP contribution is -2.23. The van der Waals surface area contributed by atoms with E-state index in [9.17, 15) is 4.79 Å². The minimum absolute atomic E-state index is 0.170. The molecular weight excluding hydrogens is 370 g/mol. The van der Waals surface area contributed by atoms with Gasteiger partial charge in [0.05, 0.1) is 6.33 Å². The average molecular weight is 389 g/mol. The lowest BCUT2D eigenvalue weighted by molar-refractivity contribution is 0.363. The van der Waals surface area contributed by atoms with E-state index < -0.39 is 0 Å². The molecule has 6 rings (SSSR count). The van der Waals surface area contributed by atoms with E-state index in [4.69, 9.17) is 4.52 Å². The first-order valence-electron chi connectivity index (χ1n) is 9.68. The molecule has 1 aliphatic heterocycles. The number of aromatic nitrogens is 6. The molecule has 1 unspecified atom stereocenters.